The van der Waals surface area contributed by atoms with Gasteiger partial charge in [-0.05, 0) is 12.8 Å². The largest absolute Gasteiger partial charge is 0.338 e. The van der Waals surface area contributed by atoms with E-state index in [1.165, 1.54) is 38.5 Å². The van der Waals surface area contributed by atoms with E-state index < -0.39 is 0 Å². The minimum Gasteiger partial charge on any atom is -0.338 e. The smallest absolute Gasteiger partial charge is 0.224 e. The fraction of sp³-hybridized carbons (Fsp3) is 0.750. The predicted molar refractivity (Wildman–Crippen MR) is 81.7 cm³/mol. The van der Waals surface area contributed by atoms with E-state index in [-0.39, 0.29) is 6.04 Å². The number of hydrogen-bond acceptors (Lipinski definition) is 3. The number of aromatic nitrogens is 2. The van der Waals surface area contributed by atoms with Gasteiger partial charge in [0, 0.05) is 44.5 Å². The summed E-state index contributed by atoms with van der Waals surface area (Å²) in [7, 11) is 2.00. The van der Waals surface area contributed by atoms with Gasteiger partial charge in [-0.2, -0.15) is 0 Å². The standard InChI is InChI=1S/C16H26N4O/c1-19-9-8-17-15(19)11-18-13-10-16(21)20(12-13)14-6-4-2-3-5-7-14/h8-9,13-14,18H,2-7,10-12H2,1H3/t13-/m1/s1. The third-order valence-corrected chi connectivity index (χ3v) is 4.89. The van der Waals surface area contributed by atoms with Crippen LogP contribution < -0.4 is 5.32 Å². The Kier molecular flexibility index (Phi) is 4.58. The SMILES string of the molecule is Cn1ccnc1CN[C@@H]1CC(=O)N(C2CCCCCC2)C1. The lowest BCUT2D eigenvalue weighted by Gasteiger charge is -2.27. The molecule has 1 atom stereocenters. The second-order valence-electron chi connectivity index (χ2n) is 6.43. The molecule has 5 nitrogen and oxygen atoms in total. The molecule has 2 heterocycles. The van der Waals surface area contributed by atoms with Crippen LogP contribution in [0, 0.1) is 0 Å². The topological polar surface area (TPSA) is 50.2 Å². The Morgan fingerprint density at radius 2 is 2.05 bits per heavy atom. The molecule has 1 N–H and O–H groups in total. The molecule has 2 aliphatic rings. The van der Waals surface area contributed by atoms with Crippen LogP contribution in [-0.2, 0) is 18.4 Å². The van der Waals surface area contributed by atoms with Crippen molar-refractivity contribution in [1.29, 1.82) is 0 Å². The molecule has 5 heteroatoms. The number of likely N-dealkylation sites (tertiary alicyclic amines) is 1. The lowest BCUT2D eigenvalue weighted by molar-refractivity contribution is -0.129. The van der Waals surface area contributed by atoms with Crippen molar-refractivity contribution >= 4 is 5.91 Å². The first-order valence-corrected chi connectivity index (χ1v) is 8.23. The Morgan fingerprint density at radius 3 is 2.71 bits per heavy atom. The maximum Gasteiger partial charge on any atom is 0.224 e. The third-order valence-electron chi connectivity index (χ3n) is 4.89. The summed E-state index contributed by atoms with van der Waals surface area (Å²) in [5.41, 5.74) is 0. The number of nitrogens with zero attached hydrogens (tertiary/aromatic N) is 3. The van der Waals surface area contributed by atoms with Gasteiger partial charge in [0.2, 0.25) is 5.91 Å². The van der Waals surface area contributed by atoms with Gasteiger partial charge in [-0.3, -0.25) is 4.79 Å². The zero-order chi connectivity index (χ0) is 14.7. The van der Waals surface area contributed by atoms with Gasteiger partial charge in [0.15, 0.2) is 0 Å². The lowest BCUT2D eigenvalue weighted by atomic mass is 10.1. The van der Waals surface area contributed by atoms with E-state index >= 15 is 0 Å². The first-order chi connectivity index (χ1) is 10.2. The highest BCUT2D eigenvalue weighted by Gasteiger charge is 2.34. The zero-order valence-electron chi connectivity index (χ0n) is 12.9. The van der Waals surface area contributed by atoms with Crippen molar-refractivity contribution in [3.8, 4) is 0 Å². The summed E-state index contributed by atoms with van der Waals surface area (Å²) < 4.78 is 2.02. The van der Waals surface area contributed by atoms with Crippen molar-refractivity contribution in [1.82, 2.24) is 19.8 Å². The maximum atomic E-state index is 12.3. The highest BCUT2D eigenvalue weighted by Crippen LogP contribution is 2.25. The molecule has 1 aromatic rings. The number of hydrogen-bond donors (Lipinski definition) is 1. The van der Waals surface area contributed by atoms with Gasteiger partial charge in [0.25, 0.3) is 0 Å². The van der Waals surface area contributed by atoms with Crippen molar-refractivity contribution in [3.63, 3.8) is 0 Å². The number of imidazole rings is 1. The van der Waals surface area contributed by atoms with Crippen molar-refractivity contribution < 1.29 is 4.79 Å². The summed E-state index contributed by atoms with van der Waals surface area (Å²) >= 11 is 0. The highest BCUT2D eigenvalue weighted by molar-refractivity contribution is 5.79. The molecular weight excluding hydrogens is 264 g/mol. The molecule has 0 aromatic carbocycles. The fourth-order valence-corrected chi connectivity index (χ4v) is 3.59. The minimum atomic E-state index is 0.275. The van der Waals surface area contributed by atoms with Gasteiger partial charge in [-0.1, -0.05) is 25.7 Å². The van der Waals surface area contributed by atoms with Crippen molar-refractivity contribution in [3.05, 3.63) is 18.2 Å². The summed E-state index contributed by atoms with van der Waals surface area (Å²) in [6.45, 7) is 1.61. The van der Waals surface area contributed by atoms with Gasteiger partial charge in [0.05, 0.1) is 6.54 Å². The molecule has 0 radical (unpaired) electrons. The minimum absolute atomic E-state index is 0.275. The molecule has 21 heavy (non-hydrogen) atoms. The Labute approximate surface area is 126 Å². The molecule has 1 saturated heterocycles. The van der Waals surface area contributed by atoms with Crippen LogP contribution in [0.4, 0.5) is 0 Å². The van der Waals surface area contributed by atoms with Crippen molar-refractivity contribution in [2.75, 3.05) is 6.54 Å². The second kappa shape index (κ2) is 6.60. The van der Waals surface area contributed by atoms with Crippen LogP contribution in [0.1, 0.15) is 50.8 Å². The highest BCUT2D eigenvalue weighted by atomic mass is 16.2. The molecule has 0 bridgehead atoms. The average molecular weight is 290 g/mol. The van der Waals surface area contributed by atoms with E-state index in [1.54, 1.807) is 0 Å². The Morgan fingerprint density at radius 1 is 1.29 bits per heavy atom. The van der Waals surface area contributed by atoms with Crippen LogP contribution in [-0.4, -0.2) is 39.0 Å². The Hall–Kier alpha value is -1.36. The summed E-state index contributed by atoms with van der Waals surface area (Å²) in [6, 6.07) is 0.761. The van der Waals surface area contributed by atoms with Crippen molar-refractivity contribution in [2.45, 2.75) is 63.6 Å². The van der Waals surface area contributed by atoms with E-state index in [0.29, 0.717) is 18.4 Å². The van der Waals surface area contributed by atoms with Gasteiger partial charge < -0.3 is 14.8 Å². The molecule has 2 fully saturated rings. The second-order valence-corrected chi connectivity index (χ2v) is 6.43. The van der Waals surface area contributed by atoms with E-state index in [9.17, 15) is 4.79 Å². The first kappa shape index (κ1) is 14.6. The summed E-state index contributed by atoms with van der Waals surface area (Å²) in [5.74, 6) is 1.36. The number of nitrogens with one attached hydrogen (secondary N) is 1. The quantitative estimate of drug-likeness (QED) is 0.861. The van der Waals surface area contributed by atoms with Crippen LogP contribution in [0.25, 0.3) is 0 Å². The Balaban J connectivity index is 1.53. The number of carbonyl (C=O) groups excluding carboxylic acids is 1. The maximum absolute atomic E-state index is 12.3. The van der Waals surface area contributed by atoms with Gasteiger partial charge in [-0.25, -0.2) is 4.98 Å². The summed E-state index contributed by atoms with van der Waals surface area (Å²) in [5, 5.41) is 3.49. The average Bonchev–Trinajstić information content (AvgIpc) is 2.93. The molecule has 0 unspecified atom stereocenters. The van der Waals surface area contributed by atoms with E-state index in [2.05, 4.69) is 15.2 Å². The zero-order valence-corrected chi connectivity index (χ0v) is 12.9. The lowest BCUT2D eigenvalue weighted by Crippen LogP contribution is -2.38. The predicted octanol–water partition coefficient (Wildman–Crippen LogP) is 1.83. The fourth-order valence-electron chi connectivity index (χ4n) is 3.59. The number of rotatable bonds is 4. The molecule has 1 aromatic heterocycles. The number of carbonyl (C=O) groups is 1. The molecule has 1 aliphatic carbocycles. The van der Waals surface area contributed by atoms with Gasteiger partial charge in [0.1, 0.15) is 5.82 Å². The molecule has 1 aliphatic heterocycles. The van der Waals surface area contributed by atoms with Crippen LogP contribution >= 0.6 is 0 Å². The monoisotopic (exact) mass is 290 g/mol. The van der Waals surface area contributed by atoms with Crippen LogP contribution in [0.3, 0.4) is 0 Å². The summed E-state index contributed by atoms with van der Waals surface area (Å²) in [4.78, 5) is 18.7. The molecule has 3 rings (SSSR count). The molecular formula is C16H26N4O. The third kappa shape index (κ3) is 3.46. The molecule has 116 valence electrons. The number of aryl methyl sites for hydroxylation is 1. The van der Waals surface area contributed by atoms with Crippen LogP contribution in [0.5, 0.6) is 0 Å². The van der Waals surface area contributed by atoms with Crippen LogP contribution in [0.15, 0.2) is 12.4 Å². The van der Waals surface area contributed by atoms with Gasteiger partial charge in [-0.15, -0.1) is 0 Å². The summed E-state index contributed by atoms with van der Waals surface area (Å²) in [6.07, 6.45) is 12.0. The molecule has 0 spiro atoms. The van der Waals surface area contributed by atoms with E-state index in [1.807, 2.05) is 24.0 Å². The van der Waals surface area contributed by atoms with Gasteiger partial charge >= 0.3 is 0 Å². The number of amides is 1. The molecule has 1 amide bonds. The first-order valence-electron chi connectivity index (χ1n) is 8.23. The van der Waals surface area contributed by atoms with Crippen molar-refractivity contribution in [2.24, 2.45) is 7.05 Å². The Bertz CT molecular complexity index is 476. The molecule has 1 saturated carbocycles. The van der Waals surface area contributed by atoms with E-state index in [4.69, 9.17) is 0 Å². The van der Waals surface area contributed by atoms with E-state index in [0.717, 1.165) is 18.9 Å². The van der Waals surface area contributed by atoms with Crippen LogP contribution in [0.2, 0.25) is 0 Å². The normalized spacial score (nSPS) is 24.5.